The van der Waals surface area contributed by atoms with Crippen LogP contribution in [0.15, 0.2) is 164 Å². The van der Waals surface area contributed by atoms with E-state index in [1.807, 2.05) is 0 Å². The Bertz CT molecular complexity index is 2770. The Hall–Kier alpha value is -6.25. The highest BCUT2D eigenvalue weighted by Crippen LogP contribution is 2.64. The molecule has 11 rings (SSSR count). The molecule has 0 aliphatic heterocycles. The quantitative estimate of drug-likeness (QED) is 0.176. The van der Waals surface area contributed by atoms with Crippen molar-refractivity contribution < 1.29 is 0 Å². The fourth-order valence-electron chi connectivity index (χ4n) is 9.55. The predicted octanol–water partition coefficient (Wildman–Crippen LogP) is 11.9. The molecule has 234 valence electrons. The van der Waals surface area contributed by atoms with E-state index in [2.05, 4.69) is 175 Å². The molecule has 0 atom stereocenters. The molecule has 1 spiro atoms. The molecule has 0 bridgehead atoms. The molecule has 2 aliphatic rings. The number of fused-ring (bicyclic) bond motifs is 13. The summed E-state index contributed by atoms with van der Waals surface area (Å²) in [5.41, 5.74) is 16.3. The molecule has 0 saturated heterocycles. The number of nitrogens with zero attached hydrogens (tertiary/aromatic N) is 2. The van der Waals surface area contributed by atoms with E-state index in [0.29, 0.717) is 0 Å². The Morgan fingerprint density at radius 1 is 0.440 bits per heavy atom. The van der Waals surface area contributed by atoms with Crippen molar-refractivity contribution in [3.05, 3.63) is 192 Å². The van der Waals surface area contributed by atoms with E-state index < -0.39 is 0 Å². The van der Waals surface area contributed by atoms with Crippen molar-refractivity contribution >= 4 is 32.6 Å². The van der Waals surface area contributed by atoms with E-state index in [1.165, 1.54) is 82.9 Å². The minimum absolute atomic E-state index is 0.383. The number of aryl methyl sites for hydroxylation is 1. The van der Waals surface area contributed by atoms with E-state index >= 15 is 0 Å². The van der Waals surface area contributed by atoms with Gasteiger partial charge in [0.1, 0.15) is 5.82 Å². The van der Waals surface area contributed by atoms with Crippen LogP contribution in [0, 0.1) is 0 Å². The van der Waals surface area contributed by atoms with Crippen LogP contribution in [0.4, 0.5) is 0 Å². The van der Waals surface area contributed by atoms with Gasteiger partial charge in [-0.05, 0) is 78.5 Å². The first-order valence-electron chi connectivity index (χ1n) is 17.6. The summed E-state index contributed by atoms with van der Waals surface area (Å²) in [6.07, 6.45) is 0.840. The highest BCUT2D eigenvalue weighted by atomic mass is 15.1. The number of hydrogen-bond donors (Lipinski definition) is 0. The molecule has 0 amide bonds. The van der Waals surface area contributed by atoms with Gasteiger partial charge in [0.25, 0.3) is 0 Å². The summed E-state index contributed by atoms with van der Waals surface area (Å²) >= 11 is 0. The van der Waals surface area contributed by atoms with Crippen LogP contribution in [-0.2, 0) is 11.8 Å². The summed E-state index contributed by atoms with van der Waals surface area (Å²) in [5, 5.41) is 4.96. The Morgan fingerprint density at radius 2 is 0.920 bits per heavy atom. The molecule has 9 aromatic rings. The number of hydrogen-bond acceptors (Lipinski definition) is 1. The first kappa shape index (κ1) is 27.7. The lowest BCUT2D eigenvalue weighted by Gasteiger charge is -2.30. The molecule has 0 saturated carbocycles. The molecule has 0 unspecified atom stereocenters. The molecule has 8 aromatic carbocycles. The van der Waals surface area contributed by atoms with Gasteiger partial charge in [-0.2, -0.15) is 0 Å². The van der Waals surface area contributed by atoms with Gasteiger partial charge >= 0.3 is 0 Å². The van der Waals surface area contributed by atoms with Gasteiger partial charge in [-0.3, -0.25) is 4.57 Å². The lowest BCUT2D eigenvalue weighted by Crippen LogP contribution is -2.25. The highest BCUT2D eigenvalue weighted by molar-refractivity contribution is 6.20. The Morgan fingerprint density at radius 3 is 1.56 bits per heavy atom. The fraction of sp³-hybridized carbons (Fsp3) is 0.0625. The number of imidazole rings is 1. The van der Waals surface area contributed by atoms with Gasteiger partial charge in [-0.25, -0.2) is 4.98 Å². The molecule has 0 N–H and O–H groups in total. The third-order valence-electron chi connectivity index (χ3n) is 11.4. The van der Waals surface area contributed by atoms with Crippen molar-refractivity contribution in [3.8, 4) is 39.1 Å². The molecule has 2 heteroatoms. The molecule has 0 fully saturated rings. The van der Waals surface area contributed by atoms with Crippen LogP contribution in [0.3, 0.4) is 0 Å². The molecular weight excluding hydrogens is 605 g/mol. The zero-order valence-electron chi connectivity index (χ0n) is 27.7. The van der Waals surface area contributed by atoms with Gasteiger partial charge in [-0.15, -0.1) is 0 Å². The first-order chi connectivity index (χ1) is 24.8. The third-order valence-corrected chi connectivity index (χ3v) is 11.4. The number of rotatable bonds is 3. The number of para-hydroxylation sites is 2. The van der Waals surface area contributed by atoms with Crippen molar-refractivity contribution in [2.75, 3.05) is 0 Å². The second-order valence-corrected chi connectivity index (χ2v) is 13.6. The van der Waals surface area contributed by atoms with Gasteiger partial charge < -0.3 is 0 Å². The third kappa shape index (κ3) is 3.36. The molecule has 50 heavy (non-hydrogen) atoms. The first-order valence-corrected chi connectivity index (χ1v) is 17.6. The van der Waals surface area contributed by atoms with E-state index in [0.717, 1.165) is 23.3 Å². The van der Waals surface area contributed by atoms with Gasteiger partial charge in [-0.1, -0.05) is 159 Å². The van der Waals surface area contributed by atoms with E-state index in [-0.39, 0.29) is 5.41 Å². The summed E-state index contributed by atoms with van der Waals surface area (Å²) in [6, 6.07) is 60.8. The van der Waals surface area contributed by atoms with Gasteiger partial charge in [0, 0.05) is 17.2 Å². The van der Waals surface area contributed by atoms with Gasteiger partial charge in [0.15, 0.2) is 0 Å². The smallest absolute Gasteiger partial charge is 0.114 e. The van der Waals surface area contributed by atoms with Crippen LogP contribution in [0.5, 0.6) is 0 Å². The van der Waals surface area contributed by atoms with Crippen LogP contribution in [-0.4, -0.2) is 9.55 Å². The second-order valence-electron chi connectivity index (χ2n) is 13.6. The minimum Gasteiger partial charge on any atom is -0.295 e. The summed E-state index contributed by atoms with van der Waals surface area (Å²) in [5.74, 6) is 1.07. The average molecular weight is 637 g/mol. The Balaban J connectivity index is 1.30. The monoisotopic (exact) mass is 636 g/mol. The van der Waals surface area contributed by atoms with Gasteiger partial charge in [0.2, 0.25) is 0 Å². The van der Waals surface area contributed by atoms with Crippen molar-refractivity contribution in [1.29, 1.82) is 0 Å². The average Bonchev–Trinajstić information content (AvgIpc) is 3.81. The van der Waals surface area contributed by atoms with Crippen LogP contribution in [0.2, 0.25) is 0 Å². The molecule has 1 aromatic heterocycles. The SMILES string of the molecule is CCc1nc2ccccc2n1-c1c2ccccc2c(-c2cccc3c2-c2ccccc2C32c3ccccc3-c3ccccc32)c2ccccc12. The maximum atomic E-state index is 5.11. The lowest BCUT2D eigenvalue weighted by molar-refractivity contribution is 0.794. The normalized spacial score (nSPS) is 13.5. The number of aromatic nitrogens is 2. The standard InChI is InChI=1S/C48H32N2/c1-2-44-49-42-28-13-14-29-43(42)50(44)47-34-20-5-3-18-32(34)45(33-19-4-6-21-35(33)47)37-23-15-27-41-46(37)36-22-9-12-26-40(36)48(41)38-24-10-7-16-30(38)31-17-8-11-25-39(31)48/h3-29H,2H2,1H3. The largest absolute Gasteiger partial charge is 0.295 e. The maximum Gasteiger partial charge on any atom is 0.114 e. The Labute approximate surface area is 290 Å². The lowest BCUT2D eigenvalue weighted by atomic mass is 9.70. The topological polar surface area (TPSA) is 17.8 Å². The highest BCUT2D eigenvalue weighted by Gasteiger charge is 2.52. The van der Waals surface area contributed by atoms with Crippen LogP contribution in [0.1, 0.15) is 35.0 Å². The van der Waals surface area contributed by atoms with Crippen LogP contribution in [0.25, 0.3) is 71.6 Å². The van der Waals surface area contributed by atoms with E-state index in [1.54, 1.807) is 0 Å². The van der Waals surface area contributed by atoms with E-state index in [9.17, 15) is 0 Å². The van der Waals surface area contributed by atoms with Crippen molar-refractivity contribution in [1.82, 2.24) is 9.55 Å². The summed E-state index contributed by atoms with van der Waals surface area (Å²) in [6.45, 7) is 2.20. The zero-order chi connectivity index (χ0) is 33.0. The summed E-state index contributed by atoms with van der Waals surface area (Å²) in [7, 11) is 0. The number of benzene rings is 8. The Kier molecular flexibility index (Phi) is 5.61. The van der Waals surface area contributed by atoms with Crippen molar-refractivity contribution in [3.63, 3.8) is 0 Å². The van der Waals surface area contributed by atoms with E-state index in [4.69, 9.17) is 4.98 Å². The molecule has 0 radical (unpaired) electrons. The van der Waals surface area contributed by atoms with Crippen molar-refractivity contribution in [2.45, 2.75) is 18.8 Å². The molecule has 1 heterocycles. The van der Waals surface area contributed by atoms with Gasteiger partial charge in [0.05, 0.1) is 22.1 Å². The summed E-state index contributed by atoms with van der Waals surface area (Å²) in [4.78, 5) is 5.11. The molecule has 2 nitrogen and oxygen atoms in total. The van der Waals surface area contributed by atoms with Crippen molar-refractivity contribution in [2.24, 2.45) is 0 Å². The van der Waals surface area contributed by atoms with Crippen LogP contribution < -0.4 is 0 Å². The predicted molar refractivity (Wildman–Crippen MR) is 207 cm³/mol. The van der Waals surface area contributed by atoms with Crippen LogP contribution >= 0.6 is 0 Å². The fourth-order valence-corrected chi connectivity index (χ4v) is 9.55. The maximum absolute atomic E-state index is 5.11. The molecule has 2 aliphatic carbocycles. The minimum atomic E-state index is -0.383. The molecular formula is C48H32N2. The second kappa shape index (κ2) is 10.1. The zero-order valence-corrected chi connectivity index (χ0v) is 27.7. The summed E-state index contributed by atoms with van der Waals surface area (Å²) < 4.78 is 2.41.